The number of hydrogen-bond donors (Lipinski definition) is 0. The van der Waals surface area contributed by atoms with Crippen molar-refractivity contribution >= 4 is 65.2 Å². The van der Waals surface area contributed by atoms with Crippen LogP contribution >= 0.6 is 0 Å². The van der Waals surface area contributed by atoms with E-state index in [-0.39, 0.29) is 5.41 Å². The normalized spacial score (nSPS) is 13.4. The highest BCUT2D eigenvalue weighted by Gasteiger charge is 2.38. The Hall–Kier alpha value is -6.90. The molecule has 2 heteroatoms. The van der Waals surface area contributed by atoms with Gasteiger partial charge in [-0.3, -0.25) is 0 Å². The first-order chi connectivity index (χ1) is 27.0. The minimum atomic E-state index is -0.150. The molecule has 0 N–H and O–H groups in total. The average molecular weight is 701 g/mol. The van der Waals surface area contributed by atoms with Crippen LogP contribution in [0.5, 0.6) is 0 Å². The Morgan fingerprint density at radius 1 is 0.382 bits per heavy atom. The number of benzene rings is 9. The molecule has 0 saturated heterocycles. The lowest BCUT2D eigenvalue weighted by molar-refractivity contribution is 0.666. The summed E-state index contributed by atoms with van der Waals surface area (Å²) in [6.07, 6.45) is 0. The van der Waals surface area contributed by atoms with Gasteiger partial charge in [0, 0.05) is 38.0 Å². The maximum Gasteiger partial charge on any atom is 0.0544 e. The lowest BCUT2D eigenvalue weighted by Crippen LogP contribution is -2.15. The predicted octanol–water partition coefficient (Wildman–Crippen LogP) is 14.2. The number of para-hydroxylation sites is 1. The number of hydrogen-bond acceptors (Lipinski definition) is 0. The SMILES string of the molecule is CC1(C)c2ccccc2-c2ccc3c(c21)c1cc(-c2ccc4c(c2)c2ccccc2n4-c2ccc4ccccc4c2)ccc1n3-c1cccc2ccccc12. The molecule has 1 aliphatic carbocycles. The van der Waals surface area contributed by atoms with Crippen molar-refractivity contribution in [1.29, 1.82) is 0 Å². The van der Waals surface area contributed by atoms with E-state index in [1.54, 1.807) is 0 Å². The Morgan fingerprint density at radius 2 is 1.02 bits per heavy atom. The number of nitrogens with zero attached hydrogens (tertiary/aromatic N) is 2. The van der Waals surface area contributed by atoms with Gasteiger partial charge in [0.2, 0.25) is 0 Å². The molecule has 2 aromatic heterocycles. The molecule has 1 aliphatic rings. The molecule has 0 radical (unpaired) electrons. The fourth-order valence-electron chi connectivity index (χ4n) is 9.97. The summed E-state index contributed by atoms with van der Waals surface area (Å²) in [6.45, 7) is 4.81. The van der Waals surface area contributed by atoms with Crippen LogP contribution < -0.4 is 0 Å². The first kappa shape index (κ1) is 30.6. The van der Waals surface area contributed by atoms with Crippen LogP contribution in [0.1, 0.15) is 25.0 Å². The molecule has 0 spiro atoms. The van der Waals surface area contributed by atoms with Gasteiger partial charge >= 0.3 is 0 Å². The molecule has 0 saturated carbocycles. The molecule has 0 fully saturated rings. The van der Waals surface area contributed by atoms with Crippen molar-refractivity contribution in [2.75, 3.05) is 0 Å². The molecule has 11 aromatic rings. The molecule has 0 amide bonds. The second kappa shape index (κ2) is 11.1. The Balaban J connectivity index is 1.12. The minimum absolute atomic E-state index is 0.150. The minimum Gasteiger partial charge on any atom is -0.309 e. The monoisotopic (exact) mass is 700 g/mol. The zero-order valence-electron chi connectivity index (χ0n) is 30.7. The second-order valence-electron chi connectivity index (χ2n) is 15.7. The van der Waals surface area contributed by atoms with Crippen LogP contribution in [0.15, 0.2) is 182 Å². The first-order valence-corrected chi connectivity index (χ1v) is 19.3. The van der Waals surface area contributed by atoms with Crippen molar-refractivity contribution in [1.82, 2.24) is 9.13 Å². The van der Waals surface area contributed by atoms with Gasteiger partial charge in [0.15, 0.2) is 0 Å². The van der Waals surface area contributed by atoms with Crippen LogP contribution in [0.4, 0.5) is 0 Å². The summed E-state index contributed by atoms with van der Waals surface area (Å²) in [6, 6.07) is 67.6. The zero-order chi connectivity index (χ0) is 36.4. The van der Waals surface area contributed by atoms with Crippen LogP contribution in [-0.2, 0) is 5.41 Å². The highest BCUT2D eigenvalue weighted by atomic mass is 15.0. The van der Waals surface area contributed by atoms with E-state index in [2.05, 4.69) is 205 Å². The van der Waals surface area contributed by atoms with Crippen molar-refractivity contribution in [3.05, 3.63) is 193 Å². The molecule has 0 bridgehead atoms. The van der Waals surface area contributed by atoms with Crippen LogP contribution in [0.2, 0.25) is 0 Å². The molecule has 2 nitrogen and oxygen atoms in total. The van der Waals surface area contributed by atoms with Gasteiger partial charge in [0.05, 0.1) is 27.8 Å². The zero-order valence-corrected chi connectivity index (χ0v) is 30.7. The van der Waals surface area contributed by atoms with Crippen LogP contribution in [0, 0.1) is 0 Å². The Morgan fingerprint density at radius 3 is 1.87 bits per heavy atom. The summed E-state index contributed by atoms with van der Waals surface area (Å²) >= 11 is 0. The van der Waals surface area contributed by atoms with E-state index in [1.807, 2.05) is 0 Å². The van der Waals surface area contributed by atoms with Gasteiger partial charge in [0.25, 0.3) is 0 Å². The molecule has 12 rings (SSSR count). The van der Waals surface area contributed by atoms with Gasteiger partial charge in [-0.15, -0.1) is 0 Å². The predicted molar refractivity (Wildman–Crippen MR) is 233 cm³/mol. The molecular weight excluding hydrogens is 665 g/mol. The number of fused-ring (bicyclic) bond motifs is 12. The van der Waals surface area contributed by atoms with Gasteiger partial charge in [0.1, 0.15) is 0 Å². The highest BCUT2D eigenvalue weighted by molar-refractivity contribution is 6.17. The van der Waals surface area contributed by atoms with Gasteiger partial charge in [-0.2, -0.15) is 0 Å². The summed E-state index contributed by atoms with van der Waals surface area (Å²) in [7, 11) is 0. The molecule has 0 atom stereocenters. The van der Waals surface area contributed by atoms with E-state index in [4.69, 9.17) is 0 Å². The second-order valence-corrected chi connectivity index (χ2v) is 15.7. The van der Waals surface area contributed by atoms with E-state index in [9.17, 15) is 0 Å². The summed E-state index contributed by atoms with van der Waals surface area (Å²) in [5.74, 6) is 0. The summed E-state index contributed by atoms with van der Waals surface area (Å²) in [5.41, 5.74) is 15.1. The largest absolute Gasteiger partial charge is 0.309 e. The molecule has 55 heavy (non-hydrogen) atoms. The third-order valence-corrected chi connectivity index (χ3v) is 12.5. The van der Waals surface area contributed by atoms with Crippen LogP contribution in [0.25, 0.3) is 98.8 Å². The van der Waals surface area contributed by atoms with Crippen LogP contribution in [0.3, 0.4) is 0 Å². The van der Waals surface area contributed by atoms with E-state index in [0.29, 0.717) is 0 Å². The van der Waals surface area contributed by atoms with Crippen molar-refractivity contribution in [2.45, 2.75) is 19.3 Å². The van der Waals surface area contributed by atoms with E-state index in [1.165, 1.54) is 110 Å². The van der Waals surface area contributed by atoms with Crippen molar-refractivity contribution in [3.63, 3.8) is 0 Å². The van der Waals surface area contributed by atoms with Crippen molar-refractivity contribution < 1.29 is 0 Å². The maximum absolute atomic E-state index is 2.51. The van der Waals surface area contributed by atoms with Gasteiger partial charge in [-0.25, -0.2) is 0 Å². The Labute approximate surface area is 319 Å². The Kier molecular flexibility index (Phi) is 6.15. The maximum atomic E-state index is 2.51. The number of rotatable bonds is 3. The van der Waals surface area contributed by atoms with Gasteiger partial charge in [-0.1, -0.05) is 141 Å². The average Bonchev–Trinajstić information content (AvgIpc) is 3.83. The molecule has 2 heterocycles. The third kappa shape index (κ3) is 4.20. The fourth-order valence-corrected chi connectivity index (χ4v) is 9.97. The summed E-state index contributed by atoms with van der Waals surface area (Å²) < 4.78 is 4.93. The topological polar surface area (TPSA) is 9.86 Å². The standard InChI is InChI=1S/C53H36N2/c1-53(2)45-19-9-7-17-40(45)42-26-29-50-51(52(42)53)44-32-37(24-28-49(44)55(50)46-21-11-15-34-13-5-6-16-39(34)46)36-23-27-48-43(31-36)41-18-8-10-20-47(41)54(48)38-25-22-33-12-3-4-14-35(33)30-38/h3-32H,1-2H3. The van der Waals surface area contributed by atoms with E-state index in [0.717, 1.165) is 0 Å². The smallest absolute Gasteiger partial charge is 0.0544 e. The van der Waals surface area contributed by atoms with Gasteiger partial charge in [-0.05, 0) is 104 Å². The number of aromatic nitrogens is 2. The lowest BCUT2D eigenvalue weighted by Gasteiger charge is -2.22. The Bertz CT molecular complexity index is 3400. The molecule has 258 valence electrons. The quantitative estimate of drug-likeness (QED) is 0.174. The summed E-state index contributed by atoms with van der Waals surface area (Å²) in [5, 5.41) is 10.2. The molecule has 0 unspecified atom stereocenters. The highest BCUT2D eigenvalue weighted by Crippen LogP contribution is 2.53. The third-order valence-electron chi connectivity index (χ3n) is 12.5. The molecular formula is C53H36N2. The van der Waals surface area contributed by atoms with Crippen molar-refractivity contribution in [3.8, 4) is 33.6 Å². The molecule has 0 aliphatic heterocycles. The van der Waals surface area contributed by atoms with E-state index >= 15 is 0 Å². The first-order valence-electron chi connectivity index (χ1n) is 19.3. The lowest BCUT2D eigenvalue weighted by atomic mass is 9.80. The van der Waals surface area contributed by atoms with E-state index < -0.39 is 0 Å². The fraction of sp³-hybridized carbons (Fsp3) is 0.0566. The van der Waals surface area contributed by atoms with Gasteiger partial charge < -0.3 is 9.13 Å². The van der Waals surface area contributed by atoms with Crippen LogP contribution in [-0.4, -0.2) is 9.13 Å². The molecule has 9 aromatic carbocycles. The van der Waals surface area contributed by atoms with Crippen molar-refractivity contribution in [2.24, 2.45) is 0 Å². The summed E-state index contributed by atoms with van der Waals surface area (Å²) in [4.78, 5) is 0.